The van der Waals surface area contributed by atoms with Crippen molar-refractivity contribution in [3.05, 3.63) is 0 Å². The van der Waals surface area contributed by atoms with Crippen LogP contribution in [0.15, 0.2) is 0 Å². The smallest absolute Gasteiger partial charge is 0.223 e. The zero-order chi connectivity index (χ0) is 13.1. The zero-order valence-corrected chi connectivity index (χ0v) is 11.3. The van der Waals surface area contributed by atoms with Crippen molar-refractivity contribution in [3.63, 3.8) is 0 Å². The molecule has 2 aliphatic rings. The van der Waals surface area contributed by atoms with Gasteiger partial charge in [0, 0.05) is 12.0 Å². The number of aliphatic hydroxyl groups is 1. The Labute approximate surface area is 109 Å². The van der Waals surface area contributed by atoms with Crippen molar-refractivity contribution >= 4 is 5.91 Å². The van der Waals surface area contributed by atoms with Crippen LogP contribution in [0.5, 0.6) is 0 Å². The van der Waals surface area contributed by atoms with Gasteiger partial charge in [0.15, 0.2) is 0 Å². The normalized spacial score (nSPS) is 41.4. The number of nitrogens with two attached hydrogens (primary N) is 1. The first-order valence-electron chi connectivity index (χ1n) is 7.30. The Kier molecular flexibility index (Phi) is 4.62. The summed E-state index contributed by atoms with van der Waals surface area (Å²) >= 11 is 0. The lowest BCUT2D eigenvalue weighted by molar-refractivity contribution is -0.128. The van der Waals surface area contributed by atoms with E-state index in [-0.39, 0.29) is 30.0 Å². The number of amides is 1. The molecule has 0 aromatic rings. The molecule has 18 heavy (non-hydrogen) atoms. The topological polar surface area (TPSA) is 75.4 Å². The summed E-state index contributed by atoms with van der Waals surface area (Å²) in [5.41, 5.74) is 5.98. The van der Waals surface area contributed by atoms with Gasteiger partial charge in [0.1, 0.15) is 0 Å². The fourth-order valence-electron chi connectivity index (χ4n) is 3.45. The van der Waals surface area contributed by atoms with Gasteiger partial charge in [0.05, 0.1) is 12.1 Å². The summed E-state index contributed by atoms with van der Waals surface area (Å²) < 4.78 is 0. The van der Waals surface area contributed by atoms with Crippen LogP contribution < -0.4 is 11.1 Å². The molecule has 0 aliphatic heterocycles. The predicted octanol–water partition coefficient (Wildman–Crippen LogP) is 1.17. The van der Waals surface area contributed by atoms with Gasteiger partial charge in [-0.05, 0) is 38.0 Å². The molecule has 4 nitrogen and oxygen atoms in total. The van der Waals surface area contributed by atoms with Gasteiger partial charge >= 0.3 is 0 Å². The van der Waals surface area contributed by atoms with Crippen LogP contribution >= 0.6 is 0 Å². The highest BCUT2D eigenvalue weighted by molar-refractivity contribution is 5.79. The van der Waals surface area contributed by atoms with Crippen molar-refractivity contribution in [2.75, 3.05) is 0 Å². The molecule has 5 atom stereocenters. The lowest BCUT2D eigenvalue weighted by Gasteiger charge is -2.33. The third-order valence-corrected chi connectivity index (χ3v) is 4.41. The minimum absolute atomic E-state index is 0.0397. The summed E-state index contributed by atoms with van der Waals surface area (Å²) in [5, 5.41) is 12.9. The Balaban J connectivity index is 1.86. The van der Waals surface area contributed by atoms with Crippen molar-refractivity contribution in [2.45, 2.75) is 70.1 Å². The van der Waals surface area contributed by atoms with Crippen molar-refractivity contribution in [3.8, 4) is 0 Å². The summed E-state index contributed by atoms with van der Waals surface area (Å²) in [4.78, 5) is 12.2. The molecular weight excluding hydrogens is 228 g/mol. The average molecular weight is 254 g/mol. The van der Waals surface area contributed by atoms with Gasteiger partial charge in [0.2, 0.25) is 5.91 Å². The molecule has 0 aromatic carbocycles. The fourth-order valence-corrected chi connectivity index (χ4v) is 3.45. The van der Waals surface area contributed by atoms with Crippen LogP contribution in [-0.2, 0) is 4.79 Å². The van der Waals surface area contributed by atoms with E-state index in [0.717, 1.165) is 44.9 Å². The molecule has 4 heteroatoms. The van der Waals surface area contributed by atoms with Crippen molar-refractivity contribution < 1.29 is 9.90 Å². The lowest BCUT2D eigenvalue weighted by Crippen LogP contribution is -2.49. The van der Waals surface area contributed by atoms with Crippen molar-refractivity contribution in [2.24, 2.45) is 17.6 Å². The van der Waals surface area contributed by atoms with Crippen molar-refractivity contribution in [1.29, 1.82) is 0 Å². The molecule has 2 saturated carbocycles. The second kappa shape index (κ2) is 6.02. The molecule has 0 heterocycles. The molecule has 0 radical (unpaired) electrons. The highest BCUT2D eigenvalue weighted by atomic mass is 16.3. The van der Waals surface area contributed by atoms with Crippen LogP contribution in [0.25, 0.3) is 0 Å². The molecule has 0 aromatic heterocycles. The summed E-state index contributed by atoms with van der Waals surface area (Å²) in [6, 6.07) is 0.112. The Morgan fingerprint density at radius 2 is 1.94 bits per heavy atom. The maximum absolute atomic E-state index is 12.2. The minimum atomic E-state index is -0.364. The Morgan fingerprint density at radius 3 is 2.61 bits per heavy atom. The highest BCUT2D eigenvalue weighted by Crippen LogP contribution is 2.28. The average Bonchev–Trinajstić information content (AvgIpc) is 2.31. The molecule has 104 valence electrons. The minimum Gasteiger partial charge on any atom is -0.391 e. The third kappa shape index (κ3) is 3.45. The molecule has 4 N–H and O–H groups in total. The number of nitrogens with one attached hydrogen (secondary N) is 1. The zero-order valence-electron chi connectivity index (χ0n) is 11.3. The quantitative estimate of drug-likeness (QED) is 0.692. The molecule has 5 unspecified atom stereocenters. The predicted molar refractivity (Wildman–Crippen MR) is 70.9 cm³/mol. The monoisotopic (exact) mass is 254 g/mol. The molecule has 2 rings (SSSR count). The maximum atomic E-state index is 12.2. The molecule has 0 spiro atoms. The van der Waals surface area contributed by atoms with E-state index in [2.05, 4.69) is 12.2 Å². The Hall–Kier alpha value is -0.610. The first-order valence-corrected chi connectivity index (χ1v) is 7.30. The van der Waals surface area contributed by atoms with Crippen LogP contribution in [0.1, 0.15) is 51.9 Å². The Bertz CT molecular complexity index is 286. The number of hydrogen-bond donors (Lipinski definition) is 3. The number of carbonyl (C=O) groups is 1. The van der Waals surface area contributed by atoms with Crippen LogP contribution in [0, 0.1) is 11.8 Å². The largest absolute Gasteiger partial charge is 0.391 e. The van der Waals surface area contributed by atoms with Gasteiger partial charge < -0.3 is 16.2 Å². The van der Waals surface area contributed by atoms with Gasteiger partial charge in [0.25, 0.3) is 0 Å². The van der Waals surface area contributed by atoms with E-state index in [1.54, 1.807) is 0 Å². The molecule has 2 aliphatic carbocycles. The van der Waals surface area contributed by atoms with E-state index in [9.17, 15) is 9.90 Å². The first-order chi connectivity index (χ1) is 8.56. The summed E-state index contributed by atoms with van der Waals surface area (Å²) in [5.74, 6) is 0.668. The maximum Gasteiger partial charge on any atom is 0.223 e. The van der Waals surface area contributed by atoms with E-state index in [0.29, 0.717) is 5.92 Å². The highest BCUT2D eigenvalue weighted by Gasteiger charge is 2.32. The van der Waals surface area contributed by atoms with Crippen LogP contribution in [0.2, 0.25) is 0 Å². The van der Waals surface area contributed by atoms with Gasteiger partial charge in [-0.2, -0.15) is 0 Å². The van der Waals surface area contributed by atoms with Crippen LogP contribution in [0.3, 0.4) is 0 Å². The van der Waals surface area contributed by atoms with E-state index in [4.69, 9.17) is 5.73 Å². The number of aliphatic hydroxyl groups excluding tert-OH is 1. The number of carbonyl (C=O) groups excluding carboxylic acids is 1. The molecule has 2 fully saturated rings. The van der Waals surface area contributed by atoms with Crippen LogP contribution in [0.4, 0.5) is 0 Å². The molecule has 1 amide bonds. The molecule has 0 bridgehead atoms. The second-order valence-corrected chi connectivity index (χ2v) is 6.24. The van der Waals surface area contributed by atoms with Gasteiger partial charge in [-0.15, -0.1) is 0 Å². The van der Waals surface area contributed by atoms with E-state index >= 15 is 0 Å². The third-order valence-electron chi connectivity index (χ3n) is 4.41. The number of hydrogen-bond acceptors (Lipinski definition) is 3. The van der Waals surface area contributed by atoms with E-state index in [1.165, 1.54) is 0 Å². The second-order valence-electron chi connectivity index (χ2n) is 6.24. The fraction of sp³-hybridized carbons (Fsp3) is 0.929. The van der Waals surface area contributed by atoms with Gasteiger partial charge in [-0.25, -0.2) is 0 Å². The van der Waals surface area contributed by atoms with Crippen LogP contribution in [-0.4, -0.2) is 29.2 Å². The first kappa shape index (κ1) is 13.8. The van der Waals surface area contributed by atoms with Crippen molar-refractivity contribution in [1.82, 2.24) is 5.32 Å². The molecular formula is C14H26N2O2. The van der Waals surface area contributed by atoms with Gasteiger partial charge in [-0.3, -0.25) is 4.79 Å². The Morgan fingerprint density at radius 1 is 1.22 bits per heavy atom. The lowest BCUT2D eigenvalue weighted by atomic mass is 9.79. The molecule has 0 saturated heterocycles. The van der Waals surface area contributed by atoms with Gasteiger partial charge in [-0.1, -0.05) is 19.8 Å². The van der Waals surface area contributed by atoms with E-state index in [1.807, 2.05) is 0 Å². The summed E-state index contributed by atoms with van der Waals surface area (Å²) in [7, 11) is 0. The summed E-state index contributed by atoms with van der Waals surface area (Å²) in [6.45, 7) is 2.16. The number of rotatable bonds is 2. The SMILES string of the molecule is CC1CC(N)CC(C(=O)NC2CCCCC2O)C1. The standard InChI is InChI=1S/C14H26N2O2/c1-9-6-10(8-11(15)7-9)14(18)16-12-4-2-3-5-13(12)17/h9-13,17H,2-8,15H2,1H3,(H,16,18). The summed E-state index contributed by atoms with van der Waals surface area (Å²) in [6.07, 6.45) is 6.27. The van der Waals surface area contributed by atoms with E-state index < -0.39 is 0 Å².